The zero-order valence-electron chi connectivity index (χ0n) is 11.5. The van der Waals surface area contributed by atoms with Gasteiger partial charge in [0.15, 0.2) is 22.7 Å². The number of hydrogen-bond acceptors (Lipinski definition) is 6. The van der Waals surface area contributed by atoms with E-state index in [1.54, 1.807) is 18.2 Å². The largest absolute Gasteiger partial charge is 0.504 e. The van der Waals surface area contributed by atoms with Crippen LogP contribution in [0.5, 0.6) is 23.0 Å². The van der Waals surface area contributed by atoms with Gasteiger partial charge >= 0.3 is 0 Å². The fourth-order valence-corrected chi connectivity index (χ4v) is 2.15. The number of phenolic OH excluding ortho intramolecular Hbond substituents is 3. The van der Waals surface area contributed by atoms with Gasteiger partial charge in [0.2, 0.25) is 0 Å². The predicted molar refractivity (Wildman–Crippen MR) is 79.5 cm³/mol. The second-order valence-corrected chi connectivity index (χ2v) is 4.70. The molecule has 112 valence electrons. The molecule has 3 N–H and O–H groups in total. The quantitative estimate of drug-likeness (QED) is 0.629. The second-order valence-electron chi connectivity index (χ2n) is 4.70. The van der Waals surface area contributed by atoms with Gasteiger partial charge in [-0.05, 0) is 30.3 Å². The summed E-state index contributed by atoms with van der Waals surface area (Å²) in [4.78, 5) is 12.2. The summed E-state index contributed by atoms with van der Waals surface area (Å²) in [5.41, 5.74) is 0.320. The third-order valence-electron chi connectivity index (χ3n) is 3.29. The molecule has 6 heteroatoms. The van der Waals surface area contributed by atoms with E-state index in [0.29, 0.717) is 16.7 Å². The summed E-state index contributed by atoms with van der Waals surface area (Å²) < 4.78 is 10.7. The minimum Gasteiger partial charge on any atom is -0.504 e. The molecule has 0 fully saturated rings. The first-order valence-corrected chi connectivity index (χ1v) is 6.37. The number of benzene rings is 2. The molecule has 3 aromatic rings. The van der Waals surface area contributed by atoms with Crippen molar-refractivity contribution in [2.75, 3.05) is 7.11 Å². The molecule has 0 saturated heterocycles. The number of ether oxygens (including phenoxy) is 1. The van der Waals surface area contributed by atoms with Crippen LogP contribution < -0.4 is 10.2 Å². The number of phenols is 3. The van der Waals surface area contributed by atoms with Crippen LogP contribution in [0.2, 0.25) is 0 Å². The molecule has 0 radical (unpaired) electrons. The monoisotopic (exact) mass is 300 g/mol. The van der Waals surface area contributed by atoms with Crippen LogP contribution in [0.25, 0.3) is 22.3 Å². The third-order valence-corrected chi connectivity index (χ3v) is 3.29. The van der Waals surface area contributed by atoms with E-state index in [0.717, 1.165) is 0 Å². The lowest BCUT2D eigenvalue weighted by Crippen LogP contribution is -2.00. The van der Waals surface area contributed by atoms with Crippen molar-refractivity contribution in [2.45, 2.75) is 0 Å². The first-order chi connectivity index (χ1) is 10.5. The smallest absolute Gasteiger partial charge is 0.200 e. The predicted octanol–water partition coefficient (Wildman–Crippen LogP) is 2.59. The van der Waals surface area contributed by atoms with Crippen molar-refractivity contribution in [1.29, 1.82) is 0 Å². The molecular weight excluding hydrogens is 288 g/mol. The highest BCUT2D eigenvalue weighted by Crippen LogP contribution is 2.39. The highest BCUT2D eigenvalue weighted by atomic mass is 16.5. The number of aromatic hydroxyl groups is 3. The minimum atomic E-state index is -0.628. The van der Waals surface area contributed by atoms with E-state index in [-0.39, 0.29) is 16.8 Å². The summed E-state index contributed by atoms with van der Waals surface area (Å²) in [7, 11) is 1.50. The summed E-state index contributed by atoms with van der Waals surface area (Å²) in [5, 5.41) is 28.8. The van der Waals surface area contributed by atoms with Gasteiger partial charge in [-0.2, -0.15) is 0 Å². The highest BCUT2D eigenvalue weighted by Gasteiger charge is 2.13. The zero-order valence-corrected chi connectivity index (χ0v) is 11.5. The van der Waals surface area contributed by atoms with Gasteiger partial charge in [-0.15, -0.1) is 0 Å². The molecule has 1 aromatic heterocycles. The van der Waals surface area contributed by atoms with Gasteiger partial charge in [0.25, 0.3) is 0 Å². The first kappa shape index (κ1) is 13.8. The number of fused-ring (bicyclic) bond motifs is 1. The van der Waals surface area contributed by atoms with E-state index < -0.39 is 17.2 Å². The highest BCUT2D eigenvalue weighted by molar-refractivity contribution is 5.80. The van der Waals surface area contributed by atoms with Crippen molar-refractivity contribution in [3.8, 4) is 34.3 Å². The number of methoxy groups -OCH3 is 1. The molecule has 0 aliphatic rings. The topological polar surface area (TPSA) is 100 Å². The lowest BCUT2D eigenvalue weighted by atomic mass is 10.1. The van der Waals surface area contributed by atoms with Crippen LogP contribution >= 0.6 is 0 Å². The van der Waals surface area contributed by atoms with Crippen LogP contribution in [0.1, 0.15) is 0 Å². The van der Waals surface area contributed by atoms with Crippen molar-refractivity contribution >= 4 is 11.0 Å². The van der Waals surface area contributed by atoms with Crippen molar-refractivity contribution in [3.05, 3.63) is 46.6 Å². The van der Waals surface area contributed by atoms with Crippen LogP contribution in [-0.4, -0.2) is 22.4 Å². The van der Waals surface area contributed by atoms with Crippen molar-refractivity contribution in [3.63, 3.8) is 0 Å². The number of rotatable bonds is 2. The summed E-state index contributed by atoms with van der Waals surface area (Å²) in [6, 6.07) is 8.45. The van der Waals surface area contributed by atoms with Crippen LogP contribution in [0.4, 0.5) is 0 Å². The third kappa shape index (κ3) is 2.20. The maximum absolute atomic E-state index is 12.2. The average molecular weight is 300 g/mol. The maximum Gasteiger partial charge on any atom is 0.200 e. The van der Waals surface area contributed by atoms with Crippen LogP contribution in [-0.2, 0) is 0 Å². The van der Waals surface area contributed by atoms with Gasteiger partial charge in [0.05, 0.1) is 12.5 Å². The SMILES string of the molecule is COc1ccc2oc(-c3cc(O)c(O)c(O)c3)cc(=O)c2c1. The van der Waals surface area contributed by atoms with Gasteiger partial charge in [-0.1, -0.05) is 0 Å². The Morgan fingerprint density at radius 1 is 1.00 bits per heavy atom. The fourth-order valence-electron chi connectivity index (χ4n) is 2.15. The molecule has 0 spiro atoms. The Labute approximate surface area is 124 Å². The molecule has 0 atom stereocenters. The second kappa shape index (κ2) is 5.00. The summed E-state index contributed by atoms with van der Waals surface area (Å²) >= 11 is 0. The Kier molecular flexibility index (Phi) is 3.14. The van der Waals surface area contributed by atoms with E-state index in [9.17, 15) is 20.1 Å². The zero-order chi connectivity index (χ0) is 15.9. The van der Waals surface area contributed by atoms with E-state index in [2.05, 4.69) is 0 Å². The van der Waals surface area contributed by atoms with Gasteiger partial charge in [0.1, 0.15) is 17.1 Å². The Balaban J connectivity index is 2.23. The van der Waals surface area contributed by atoms with Crippen molar-refractivity contribution in [1.82, 2.24) is 0 Å². The molecule has 0 aliphatic carbocycles. The van der Waals surface area contributed by atoms with Gasteiger partial charge in [-0.3, -0.25) is 4.79 Å². The van der Waals surface area contributed by atoms with Crippen LogP contribution in [0.15, 0.2) is 45.6 Å². The summed E-state index contributed by atoms with van der Waals surface area (Å²) in [5.74, 6) is -0.947. The summed E-state index contributed by atoms with van der Waals surface area (Å²) in [6.45, 7) is 0. The lowest BCUT2D eigenvalue weighted by molar-refractivity contribution is 0.368. The standard InChI is InChI=1S/C16H12O6/c1-21-9-2-3-14-10(6-9)11(17)7-15(22-14)8-4-12(18)16(20)13(19)5-8/h2-7,18-20H,1H3. The first-order valence-electron chi connectivity index (χ1n) is 6.37. The Morgan fingerprint density at radius 2 is 1.68 bits per heavy atom. The molecule has 0 bridgehead atoms. The van der Waals surface area contributed by atoms with E-state index >= 15 is 0 Å². The molecule has 0 amide bonds. The lowest BCUT2D eigenvalue weighted by Gasteiger charge is -2.07. The van der Waals surface area contributed by atoms with Gasteiger partial charge < -0.3 is 24.5 Å². The average Bonchev–Trinajstić information content (AvgIpc) is 2.51. The van der Waals surface area contributed by atoms with E-state index in [1.807, 2.05) is 0 Å². The van der Waals surface area contributed by atoms with E-state index in [4.69, 9.17) is 9.15 Å². The van der Waals surface area contributed by atoms with Crippen molar-refractivity contribution < 1.29 is 24.5 Å². The fraction of sp³-hybridized carbons (Fsp3) is 0.0625. The van der Waals surface area contributed by atoms with Crippen LogP contribution in [0, 0.1) is 0 Å². The van der Waals surface area contributed by atoms with Gasteiger partial charge in [0, 0.05) is 11.6 Å². The van der Waals surface area contributed by atoms with Crippen LogP contribution in [0.3, 0.4) is 0 Å². The molecule has 2 aromatic carbocycles. The van der Waals surface area contributed by atoms with Crippen molar-refractivity contribution in [2.24, 2.45) is 0 Å². The Bertz CT molecular complexity index is 903. The molecule has 6 nitrogen and oxygen atoms in total. The molecule has 0 unspecified atom stereocenters. The normalized spacial score (nSPS) is 10.8. The molecule has 3 rings (SSSR count). The molecule has 0 saturated carbocycles. The summed E-state index contributed by atoms with van der Waals surface area (Å²) in [6.07, 6.45) is 0. The van der Waals surface area contributed by atoms with Gasteiger partial charge in [-0.25, -0.2) is 0 Å². The Morgan fingerprint density at radius 3 is 2.32 bits per heavy atom. The molecular formula is C16H12O6. The molecule has 1 heterocycles. The molecule has 0 aliphatic heterocycles. The van der Waals surface area contributed by atoms with E-state index in [1.165, 1.54) is 25.3 Å². The minimum absolute atomic E-state index is 0.160. The molecule has 22 heavy (non-hydrogen) atoms. The maximum atomic E-state index is 12.2. The Hall–Kier alpha value is -3.15. The number of hydrogen-bond donors (Lipinski definition) is 3.